The van der Waals surface area contributed by atoms with E-state index in [-0.39, 0.29) is 17.8 Å². The van der Waals surface area contributed by atoms with E-state index in [0.717, 1.165) is 74.2 Å². The minimum atomic E-state index is -0.426. The van der Waals surface area contributed by atoms with Crippen LogP contribution in [0.3, 0.4) is 0 Å². The first-order valence-corrected chi connectivity index (χ1v) is 14.6. The number of rotatable bonds is 11. The summed E-state index contributed by atoms with van der Waals surface area (Å²) in [5, 5.41) is 0. The largest absolute Gasteiger partial charge is 0.494 e. The van der Waals surface area contributed by atoms with Gasteiger partial charge in [0.25, 0.3) is 0 Å². The Labute approximate surface area is 232 Å². The number of imidazole rings is 1. The maximum absolute atomic E-state index is 13.0. The molecule has 6 nitrogen and oxygen atoms in total. The Balaban J connectivity index is 1.25. The highest BCUT2D eigenvalue weighted by Crippen LogP contribution is 2.51. The minimum absolute atomic E-state index is 0.0693. The van der Waals surface area contributed by atoms with Gasteiger partial charge in [0.1, 0.15) is 22.7 Å². The van der Waals surface area contributed by atoms with E-state index in [1.54, 1.807) is 7.11 Å². The molecular weight excluding hydrogens is 486 g/mol. The molecule has 0 amide bonds. The number of benzene rings is 2. The molecule has 2 bridgehead atoms. The molecule has 0 aliphatic heterocycles. The molecule has 39 heavy (non-hydrogen) atoms. The topological polar surface area (TPSA) is 67.4 Å². The monoisotopic (exact) mass is 529 g/mol. The van der Waals surface area contributed by atoms with Crippen LogP contribution in [0.2, 0.25) is 0 Å². The number of aromatic nitrogens is 2. The molecule has 1 heterocycles. The summed E-state index contributed by atoms with van der Waals surface area (Å²) in [6.07, 6.45) is 9.55. The van der Waals surface area contributed by atoms with Crippen molar-refractivity contribution in [3.8, 4) is 5.75 Å². The molecule has 3 aliphatic carbocycles. The number of nitrogens with zero attached hydrogens (tertiary/aromatic N) is 2. The summed E-state index contributed by atoms with van der Waals surface area (Å²) in [6, 6.07) is 16.7. The van der Waals surface area contributed by atoms with Gasteiger partial charge in [0.05, 0.1) is 18.5 Å². The molecule has 6 heteroatoms. The van der Waals surface area contributed by atoms with Gasteiger partial charge < -0.3 is 19.4 Å². The second-order valence-corrected chi connectivity index (χ2v) is 11.8. The van der Waals surface area contributed by atoms with E-state index in [9.17, 15) is 4.79 Å². The third-order valence-electron chi connectivity index (χ3n) is 8.65. The second-order valence-electron chi connectivity index (χ2n) is 11.8. The number of methoxy groups -OCH3 is 1. The molecule has 6 rings (SSSR count). The molecule has 1 fully saturated rings. The number of aromatic amines is 1. The van der Waals surface area contributed by atoms with Crippen LogP contribution < -0.4 is 4.74 Å². The fourth-order valence-corrected chi connectivity index (χ4v) is 6.46. The summed E-state index contributed by atoms with van der Waals surface area (Å²) in [6.45, 7) is 5.74. The normalized spacial score (nSPS) is 22.8. The van der Waals surface area contributed by atoms with E-state index in [1.165, 1.54) is 17.6 Å². The number of H-pyrrole nitrogens is 1. The first-order valence-electron chi connectivity index (χ1n) is 14.6. The summed E-state index contributed by atoms with van der Waals surface area (Å²) in [5.41, 5.74) is 4.25. The van der Waals surface area contributed by atoms with Crippen molar-refractivity contribution < 1.29 is 14.3 Å². The van der Waals surface area contributed by atoms with Gasteiger partial charge in [-0.25, -0.2) is 4.98 Å². The standard InChI is InChI=1S/C33H43N3O3/c1-23(2)32(37)39-33(22-25-13-8-14-26(33)21-27(25)24-11-6-5-7-12-24)18-20-36(3)19-10-17-30-34-28-15-9-16-29(38-4)31(28)35-30/h5-7,9,11-12,15-16,21,23,25-26H,8,10,13-14,17-20,22H2,1-4H3,(H,34,35). The van der Waals surface area contributed by atoms with Crippen molar-refractivity contribution in [2.75, 3.05) is 27.2 Å². The van der Waals surface area contributed by atoms with Crippen molar-refractivity contribution in [2.45, 2.75) is 64.4 Å². The van der Waals surface area contributed by atoms with Crippen LogP contribution in [-0.2, 0) is 16.0 Å². The van der Waals surface area contributed by atoms with E-state index >= 15 is 0 Å². The maximum Gasteiger partial charge on any atom is 0.308 e. The van der Waals surface area contributed by atoms with Gasteiger partial charge >= 0.3 is 5.97 Å². The highest BCUT2D eigenvalue weighted by atomic mass is 16.6. The molecule has 1 saturated carbocycles. The third kappa shape index (κ3) is 6.06. The molecule has 3 aliphatic rings. The third-order valence-corrected chi connectivity index (χ3v) is 8.65. The fourth-order valence-electron chi connectivity index (χ4n) is 6.46. The number of ether oxygens (including phenoxy) is 2. The zero-order valence-electron chi connectivity index (χ0n) is 23.9. The highest BCUT2D eigenvalue weighted by Gasteiger charge is 2.48. The number of aryl methyl sites for hydroxylation is 1. The molecule has 0 radical (unpaired) electrons. The molecule has 3 aromatic rings. The Morgan fingerprint density at radius 1 is 1.13 bits per heavy atom. The van der Waals surface area contributed by atoms with Crippen LogP contribution in [0.15, 0.2) is 54.6 Å². The fraction of sp³-hybridized carbons (Fsp3) is 0.515. The summed E-state index contributed by atoms with van der Waals surface area (Å²) in [7, 11) is 3.86. The van der Waals surface area contributed by atoms with Crippen LogP contribution >= 0.6 is 0 Å². The van der Waals surface area contributed by atoms with Gasteiger partial charge in [-0.2, -0.15) is 0 Å². The lowest BCUT2D eigenvalue weighted by molar-refractivity contribution is -0.172. The smallest absolute Gasteiger partial charge is 0.308 e. The number of carbonyl (C=O) groups excluding carboxylic acids is 1. The number of allylic oxidation sites excluding steroid dienone is 1. The molecule has 3 atom stereocenters. The number of nitrogens with one attached hydrogen (secondary N) is 1. The summed E-state index contributed by atoms with van der Waals surface area (Å²) >= 11 is 0. The van der Waals surface area contributed by atoms with Crippen molar-refractivity contribution in [1.82, 2.24) is 14.9 Å². The van der Waals surface area contributed by atoms with Gasteiger partial charge in [-0.3, -0.25) is 4.79 Å². The van der Waals surface area contributed by atoms with Crippen molar-refractivity contribution in [3.63, 3.8) is 0 Å². The lowest BCUT2D eigenvalue weighted by atomic mass is 9.69. The predicted molar refractivity (Wildman–Crippen MR) is 157 cm³/mol. The lowest BCUT2D eigenvalue weighted by Crippen LogP contribution is -2.47. The molecule has 208 valence electrons. The number of esters is 1. The molecular formula is C33H43N3O3. The van der Waals surface area contributed by atoms with Crippen LogP contribution in [0.1, 0.15) is 63.8 Å². The van der Waals surface area contributed by atoms with Crippen LogP contribution in [-0.4, -0.2) is 53.7 Å². The molecule has 3 unspecified atom stereocenters. The van der Waals surface area contributed by atoms with Crippen molar-refractivity contribution >= 4 is 22.6 Å². The van der Waals surface area contributed by atoms with E-state index in [4.69, 9.17) is 14.5 Å². The first kappa shape index (κ1) is 27.4. The lowest BCUT2D eigenvalue weighted by Gasteiger charge is -2.44. The highest BCUT2D eigenvalue weighted by molar-refractivity contribution is 5.81. The molecule has 2 aromatic carbocycles. The Bertz CT molecular complexity index is 1300. The molecule has 0 spiro atoms. The second kappa shape index (κ2) is 12.0. The van der Waals surface area contributed by atoms with Crippen LogP contribution in [0.5, 0.6) is 5.75 Å². The summed E-state index contributed by atoms with van der Waals surface area (Å²) < 4.78 is 11.9. The average molecular weight is 530 g/mol. The van der Waals surface area contributed by atoms with Crippen LogP contribution in [0.25, 0.3) is 16.6 Å². The van der Waals surface area contributed by atoms with E-state index < -0.39 is 5.60 Å². The molecule has 0 saturated heterocycles. The van der Waals surface area contributed by atoms with Crippen molar-refractivity contribution in [3.05, 3.63) is 66.0 Å². The Morgan fingerprint density at radius 3 is 2.72 bits per heavy atom. The van der Waals surface area contributed by atoms with Crippen molar-refractivity contribution in [2.24, 2.45) is 17.8 Å². The Kier molecular flexibility index (Phi) is 8.41. The van der Waals surface area contributed by atoms with Crippen molar-refractivity contribution in [1.29, 1.82) is 0 Å². The number of hydrogen-bond donors (Lipinski definition) is 1. The van der Waals surface area contributed by atoms with Gasteiger partial charge in [0, 0.05) is 25.3 Å². The molecule has 1 aromatic heterocycles. The first-order chi connectivity index (χ1) is 18.9. The quantitative estimate of drug-likeness (QED) is 0.281. The number of para-hydroxylation sites is 1. The van der Waals surface area contributed by atoms with Gasteiger partial charge in [-0.05, 0) is 68.5 Å². The zero-order valence-corrected chi connectivity index (χ0v) is 23.9. The van der Waals surface area contributed by atoms with Crippen LogP contribution in [0.4, 0.5) is 0 Å². The van der Waals surface area contributed by atoms with Crippen LogP contribution in [0, 0.1) is 17.8 Å². The minimum Gasteiger partial charge on any atom is -0.494 e. The SMILES string of the molecule is COc1cccc2[nH]c(CCCN(C)CCC3(OC(=O)C(C)C)CC4CCCC3C=C4c3ccccc3)nc12. The molecule has 1 N–H and O–H groups in total. The zero-order chi connectivity index (χ0) is 27.4. The van der Waals surface area contributed by atoms with Gasteiger partial charge in [-0.15, -0.1) is 0 Å². The van der Waals surface area contributed by atoms with E-state index in [0.29, 0.717) is 5.92 Å². The van der Waals surface area contributed by atoms with E-state index in [1.807, 2.05) is 32.0 Å². The maximum atomic E-state index is 13.0. The Morgan fingerprint density at radius 2 is 1.95 bits per heavy atom. The number of carbonyl (C=O) groups is 1. The number of fused-ring (bicyclic) bond motifs is 4. The average Bonchev–Trinajstić information content (AvgIpc) is 3.14. The summed E-state index contributed by atoms with van der Waals surface area (Å²) in [5.74, 6) is 2.29. The summed E-state index contributed by atoms with van der Waals surface area (Å²) in [4.78, 5) is 23.6. The number of hydrogen-bond acceptors (Lipinski definition) is 5. The van der Waals surface area contributed by atoms with E-state index in [2.05, 4.69) is 53.3 Å². The van der Waals surface area contributed by atoms with Gasteiger partial charge in [0.15, 0.2) is 0 Å². The predicted octanol–water partition coefficient (Wildman–Crippen LogP) is 6.67. The van der Waals surface area contributed by atoms with Gasteiger partial charge in [-0.1, -0.05) is 62.7 Å². The van der Waals surface area contributed by atoms with Gasteiger partial charge in [0.2, 0.25) is 0 Å². The Hall–Kier alpha value is -3.12.